The SMILES string of the molecule is N#CNC(=Nc1ccccc1)c1cccnc1. The van der Waals surface area contributed by atoms with Crippen molar-refractivity contribution in [2.45, 2.75) is 0 Å². The van der Waals surface area contributed by atoms with E-state index in [0.29, 0.717) is 5.84 Å². The van der Waals surface area contributed by atoms with Crippen LogP contribution < -0.4 is 5.32 Å². The average molecular weight is 222 g/mol. The van der Waals surface area contributed by atoms with Gasteiger partial charge in [0.05, 0.1) is 5.69 Å². The summed E-state index contributed by atoms with van der Waals surface area (Å²) in [6, 6.07) is 13.1. The molecule has 0 radical (unpaired) electrons. The lowest BCUT2D eigenvalue weighted by atomic mass is 10.2. The second-order valence-electron chi connectivity index (χ2n) is 3.27. The molecule has 0 bridgehead atoms. The van der Waals surface area contributed by atoms with Gasteiger partial charge in [-0.15, -0.1) is 0 Å². The summed E-state index contributed by atoms with van der Waals surface area (Å²) in [5.41, 5.74) is 1.56. The number of nitrogens with zero attached hydrogens (tertiary/aromatic N) is 3. The van der Waals surface area contributed by atoms with Crippen molar-refractivity contribution in [3.8, 4) is 6.19 Å². The zero-order valence-electron chi connectivity index (χ0n) is 9.04. The van der Waals surface area contributed by atoms with Gasteiger partial charge in [0.25, 0.3) is 0 Å². The predicted octanol–water partition coefficient (Wildman–Crippen LogP) is 2.23. The van der Waals surface area contributed by atoms with E-state index in [1.54, 1.807) is 18.5 Å². The number of nitrogens with one attached hydrogen (secondary N) is 1. The molecule has 0 spiro atoms. The third-order valence-electron chi connectivity index (χ3n) is 2.11. The fourth-order valence-corrected chi connectivity index (χ4v) is 1.35. The van der Waals surface area contributed by atoms with Crippen LogP contribution in [-0.2, 0) is 0 Å². The van der Waals surface area contributed by atoms with E-state index >= 15 is 0 Å². The van der Waals surface area contributed by atoms with Crippen LogP contribution in [0.25, 0.3) is 0 Å². The average Bonchev–Trinajstić information content (AvgIpc) is 2.40. The zero-order chi connectivity index (χ0) is 11.9. The Hall–Kier alpha value is -2.67. The Morgan fingerprint density at radius 1 is 1.18 bits per heavy atom. The number of hydrogen-bond acceptors (Lipinski definition) is 3. The van der Waals surface area contributed by atoms with E-state index in [-0.39, 0.29) is 0 Å². The summed E-state index contributed by atoms with van der Waals surface area (Å²) < 4.78 is 0. The fraction of sp³-hybridized carbons (Fsp3) is 0. The maximum Gasteiger partial charge on any atom is 0.182 e. The first kappa shape index (κ1) is 10.8. The summed E-state index contributed by atoms with van der Waals surface area (Å²) >= 11 is 0. The molecule has 4 nitrogen and oxygen atoms in total. The fourth-order valence-electron chi connectivity index (χ4n) is 1.35. The van der Waals surface area contributed by atoms with Gasteiger partial charge in [0, 0.05) is 18.0 Å². The molecule has 4 heteroatoms. The molecule has 1 heterocycles. The maximum atomic E-state index is 8.71. The van der Waals surface area contributed by atoms with Gasteiger partial charge in [-0.05, 0) is 24.3 Å². The van der Waals surface area contributed by atoms with Crippen LogP contribution in [0.4, 0.5) is 5.69 Å². The largest absolute Gasteiger partial charge is 0.276 e. The number of para-hydroxylation sites is 1. The zero-order valence-corrected chi connectivity index (χ0v) is 9.04. The van der Waals surface area contributed by atoms with Crippen LogP contribution >= 0.6 is 0 Å². The molecule has 0 aliphatic heterocycles. The van der Waals surface area contributed by atoms with Gasteiger partial charge in [-0.2, -0.15) is 5.26 Å². The maximum absolute atomic E-state index is 8.71. The van der Waals surface area contributed by atoms with Gasteiger partial charge in [-0.1, -0.05) is 18.2 Å². The quantitative estimate of drug-likeness (QED) is 0.367. The van der Waals surface area contributed by atoms with Crippen molar-refractivity contribution in [3.05, 3.63) is 60.4 Å². The summed E-state index contributed by atoms with van der Waals surface area (Å²) in [4.78, 5) is 8.36. The standard InChI is InChI=1S/C13H10N4/c14-10-16-13(11-5-4-8-15-9-11)17-12-6-2-1-3-7-12/h1-9H,(H,16,17). The van der Waals surface area contributed by atoms with Gasteiger partial charge in [0.1, 0.15) is 5.84 Å². The number of hydrogen-bond donors (Lipinski definition) is 1. The number of aromatic nitrogens is 1. The van der Waals surface area contributed by atoms with Gasteiger partial charge in [0.2, 0.25) is 0 Å². The molecule has 0 aliphatic rings. The lowest BCUT2D eigenvalue weighted by Crippen LogP contribution is -2.18. The predicted molar refractivity (Wildman–Crippen MR) is 65.6 cm³/mol. The molecule has 0 fully saturated rings. The highest BCUT2D eigenvalue weighted by Gasteiger charge is 2.02. The highest BCUT2D eigenvalue weighted by molar-refractivity contribution is 6.00. The molecule has 0 saturated carbocycles. The van der Waals surface area contributed by atoms with Gasteiger partial charge in [-0.3, -0.25) is 10.3 Å². The van der Waals surface area contributed by atoms with E-state index in [1.165, 1.54) is 0 Å². The molecule has 0 atom stereocenters. The topological polar surface area (TPSA) is 61.1 Å². The number of pyridine rings is 1. The Labute approximate surface area is 99.3 Å². The Bertz CT molecular complexity index is 541. The third kappa shape index (κ3) is 2.89. The Kier molecular flexibility index (Phi) is 3.46. The van der Waals surface area contributed by atoms with E-state index in [9.17, 15) is 0 Å². The van der Waals surface area contributed by atoms with E-state index < -0.39 is 0 Å². The molecular formula is C13H10N4. The van der Waals surface area contributed by atoms with Crippen LogP contribution in [0.1, 0.15) is 5.56 Å². The van der Waals surface area contributed by atoms with Gasteiger partial charge in [-0.25, -0.2) is 4.99 Å². The van der Waals surface area contributed by atoms with Crippen LogP contribution in [0, 0.1) is 11.5 Å². The van der Waals surface area contributed by atoms with Crippen LogP contribution in [0.3, 0.4) is 0 Å². The van der Waals surface area contributed by atoms with Crippen molar-refractivity contribution in [2.75, 3.05) is 0 Å². The molecule has 1 aromatic heterocycles. The van der Waals surface area contributed by atoms with Gasteiger partial charge >= 0.3 is 0 Å². The first-order valence-electron chi connectivity index (χ1n) is 5.09. The number of amidine groups is 1. The molecule has 2 aromatic rings. The van der Waals surface area contributed by atoms with Crippen molar-refractivity contribution in [1.82, 2.24) is 10.3 Å². The first-order chi connectivity index (χ1) is 8.40. The van der Waals surface area contributed by atoms with Crippen molar-refractivity contribution in [2.24, 2.45) is 4.99 Å². The van der Waals surface area contributed by atoms with E-state index in [2.05, 4.69) is 15.3 Å². The second kappa shape index (κ2) is 5.42. The minimum Gasteiger partial charge on any atom is -0.276 e. The van der Waals surface area contributed by atoms with E-state index in [0.717, 1.165) is 11.3 Å². The molecule has 0 amide bonds. The normalized spacial score (nSPS) is 10.6. The molecule has 1 aromatic carbocycles. The highest BCUT2D eigenvalue weighted by Crippen LogP contribution is 2.11. The number of aliphatic imine (C=N–C) groups is 1. The summed E-state index contributed by atoms with van der Waals surface area (Å²) in [6.45, 7) is 0. The molecule has 0 aliphatic carbocycles. The summed E-state index contributed by atoms with van der Waals surface area (Å²) in [5.74, 6) is 0.492. The van der Waals surface area contributed by atoms with Crippen LogP contribution in [0.2, 0.25) is 0 Å². The summed E-state index contributed by atoms with van der Waals surface area (Å²) in [7, 11) is 0. The molecule has 0 saturated heterocycles. The summed E-state index contributed by atoms with van der Waals surface area (Å²) in [5, 5.41) is 11.3. The number of nitriles is 1. The van der Waals surface area contributed by atoms with E-state index in [4.69, 9.17) is 5.26 Å². The van der Waals surface area contributed by atoms with Gasteiger partial charge in [0.15, 0.2) is 6.19 Å². The van der Waals surface area contributed by atoms with Crippen LogP contribution in [0.15, 0.2) is 59.9 Å². The minimum absolute atomic E-state index is 0.492. The Morgan fingerprint density at radius 3 is 2.65 bits per heavy atom. The highest BCUT2D eigenvalue weighted by atomic mass is 15.0. The van der Waals surface area contributed by atoms with Crippen LogP contribution in [0.5, 0.6) is 0 Å². The molecule has 82 valence electrons. The Morgan fingerprint density at radius 2 is 2.00 bits per heavy atom. The van der Waals surface area contributed by atoms with Crippen molar-refractivity contribution < 1.29 is 0 Å². The monoisotopic (exact) mass is 222 g/mol. The van der Waals surface area contributed by atoms with Crippen molar-refractivity contribution in [1.29, 1.82) is 5.26 Å². The lowest BCUT2D eigenvalue weighted by Gasteiger charge is -2.03. The number of benzene rings is 1. The lowest BCUT2D eigenvalue weighted by molar-refractivity contribution is 1.22. The third-order valence-corrected chi connectivity index (χ3v) is 2.11. The molecule has 0 unspecified atom stereocenters. The second-order valence-corrected chi connectivity index (χ2v) is 3.27. The molecule has 17 heavy (non-hydrogen) atoms. The number of rotatable bonds is 2. The molecular weight excluding hydrogens is 212 g/mol. The molecule has 1 N–H and O–H groups in total. The van der Waals surface area contributed by atoms with E-state index in [1.807, 2.05) is 42.6 Å². The smallest absolute Gasteiger partial charge is 0.182 e. The van der Waals surface area contributed by atoms with Crippen LogP contribution in [-0.4, -0.2) is 10.8 Å². The van der Waals surface area contributed by atoms with Crippen molar-refractivity contribution in [3.63, 3.8) is 0 Å². The molecule has 2 rings (SSSR count). The Balaban J connectivity index is 2.37. The first-order valence-corrected chi connectivity index (χ1v) is 5.09. The minimum atomic E-state index is 0.492. The van der Waals surface area contributed by atoms with Gasteiger partial charge < -0.3 is 0 Å². The van der Waals surface area contributed by atoms with Crippen molar-refractivity contribution >= 4 is 11.5 Å². The summed E-state index contributed by atoms with van der Waals surface area (Å²) in [6.07, 6.45) is 5.21.